The van der Waals surface area contributed by atoms with E-state index in [4.69, 9.17) is 11.6 Å². The van der Waals surface area contributed by atoms with Gasteiger partial charge < -0.3 is 9.88 Å². The van der Waals surface area contributed by atoms with Crippen LogP contribution in [0.15, 0.2) is 48.4 Å². The van der Waals surface area contributed by atoms with E-state index in [1.165, 1.54) is 11.3 Å². The first-order valence-electron chi connectivity index (χ1n) is 7.10. The molecular formula is C16H15ClN4OS. The minimum absolute atomic E-state index is 0.0163. The lowest BCUT2D eigenvalue weighted by Gasteiger charge is -2.13. The highest BCUT2D eigenvalue weighted by molar-refractivity contribution is 7.13. The summed E-state index contributed by atoms with van der Waals surface area (Å²) in [6.07, 6.45) is 5.31. The van der Waals surface area contributed by atoms with E-state index in [0.717, 1.165) is 10.6 Å². The molecule has 0 bridgehead atoms. The van der Waals surface area contributed by atoms with Gasteiger partial charge in [0, 0.05) is 40.9 Å². The first kappa shape index (κ1) is 15.7. The number of aromatic nitrogens is 3. The molecule has 118 valence electrons. The zero-order valence-electron chi connectivity index (χ0n) is 12.4. The number of benzene rings is 1. The van der Waals surface area contributed by atoms with Crippen LogP contribution < -0.4 is 5.32 Å². The van der Waals surface area contributed by atoms with Crippen LogP contribution in [0.5, 0.6) is 0 Å². The molecule has 2 heterocycles. The van der Waals surface area contributed by atoms with Crippen molar-refractivity contribution >= 4 is 28.8 Å². The van der Waals surface area contributed by atoms with Gasteiger partial charge in [-0.25, -0.2) is 9.97 Å². The van der Waals surface area contributed by atoms with Gasteiger partial charge in [-0.15, -0.1) is 11.3 Å². The van der Waals surface area contributed by atoms with Gasteiger partial charge in [-0.2, -0.15) is 0 Å². The number of thiazole rings is 1. The summed E-state index contributed by atoms with van der Waals surface area (Å²) in [4.78, 5) is 20.7. The highest BCUT2D eigenvalue weighted by Crippen LogP contribution is 2.25. The van der Waals surface area contributed by atoms with E-state index in [1.807, 2.05) is 42.0 Å². The molecule has 0 aliphatic rings. The number of imidazole rings is 1. The van der Waals surface area contributed by atoms with Crippen molar-refractivity contribution in [1.29, 1.82) is 0 Å². The predicted molar refractivity (Wildman–Crippen MR) is 91.7 cm³/mol. The van der Waals surface area contributed by atoms with Crippen molar-refractivity contribution in [3.63, 3.8) is 0 Å². The molecule has 0 aliphatic heterocycles. The summed E-state index contributed by atoms with van der Waals surface area (Å²) in [5.74, 6) is -0.172. The number of nitrogens with one attached hydrogen (secondary N) is 1. The van der Waals surface area contributed by atoms with Crippen LogP contribution in [0.3, 0.4) is 0 Å². The van der Waals surface area contributed by atoms with Crippen molar-refractivity contribution in [2.24, 2.45) is 0 Å². The topological polar surface area (TPSA) is 59.8 Å². The molecular weight excluding hydrogens is 332 g/mol. The molecule has 3 aromatic rings. The fraction of sp³-hybridized carbons (Fsp3) is 0.188. The molecule has 0 saturated heterocycles. The fourth-order valence-corrected chi connectivity index (χ4v) is 3.09. The van der Waals surface area contributed by atoms with Crippen LogP contribution >= 0.6 is 22.9 Å². The van der Waals surface area contributed by atoms with E-state index in [-0.39, 0.29) is 11.9 Å². The van der Waals surface area contributed by atoms with Crippen LogP contribution in [-0.2, 0) is 6.54 Å². The molecule has 1 amide bonds. The molecule has 0 spiro atoms. The molecule has 0 unspecified atom stereocenters. The largest absolute Gasteiger partial charge is 0.346 e. The van der Waals surface area contributed by atoms with Gasteiger partial charge in [0.15, 0.2) is 0 Å². The van der Waals surface area contributed by atoms with Crippen molar-refractivity contribution in [2.45, 2.75) is 19.5 Å². The number of hydrogen-bond donors (Lipinski definition) is 1. The molecule has 1 aromatic carbocycles. The minimum atomic E-state index is -0.172. The Morgan fingerprint density at radius 2 is 2.17 bits per heavy atom. The lowest BCUT2D eigenvalue weighted by molar-refractivity contribution is 0.0932. The molecule has 7 heteroatoms. The fourth-order valence-electron chi connectivity index (χ4n) is 2.16. The molecule has 1 N–H and O–H groups in total. The van der Waals surface area contributed by atoms with Gasteiger partial charge in [0.2, 0.25) is 0 Å². The maximum Gasteiger partial charge on any atom is 0.271 e. The number of rotatable bonds is 5. The second-order valence-corrected chi connectivity index (χ2v) is 6.47. The number of halogens is 1. The number of carbonyl (C=O) groups excluding carboxylic acids is 1. The Labute approximate surface area is 143 Å². The normalized spacial score (nSPS) is 12.1. The molecule has 23 heavy (non-hydrogen) atoms. The zero-order valence-corrected chi connectivity index (χ0v) is 14.0. The van der Waals surface area contributed by atoms with Crippen LogP contribution in [0.2, 0.25) is 5.02 Å². The van der Waals surface area contributed by atoms with Crippen molar-refractivity contribution in [3.05, 3.63) is 59.1 Å². The van der Waals surface area contributed by atoms with Gasteiger partial charge in [0.05, 0.1) is 6.33 Å². The van der Waals surface area contributed by atoms with E-state index in [0.29, 0.717) is 17.3 Å². The van der Waals surface area contributed by atoms with Crippen LogP contribution in [0.4, 0.5) is 0 Å². The van der Waals surface area contributed by atoms with Gasteiger partial charge in [0.25, 0.3) is 5.91 Å². The summed E-state index contributed by atoms with van der Waals surface area (Å²) < 4.78 is 1.92. The molecule has 0 fully saturated rings. The molecule has 0 radical (unpaired) electrons. The SMILES string of the molecule is C[C@@H](Cn1ccnc1)NC(=O)c1csc(-c2ccc(Cl)cc2)n1. The summed E-state index contributed by atoms with van der Waals surface area (Å²) in [6, 6.07) is 7.39. The summed E-state index contributed by atoms with van der Waals surface area (Å²) in [6.45, 7) is 2.62. The minimum Gasteiger partial charge on any atom is -0.346 e. The summed E-state index contributed by atoms with van der Waals surface area (Å²) in [7, 11) is 0. The summed E-state index contributed by atoms with van der Waals surface area (Å²) in [5.41, 5.74) is 1.38. The Kier molecular flexibility index (Phi) is 4.73. The third kappa shape index (κ3) is 3.97. The number of carbonyl (C=O) groups is 1. The third-order valence-electron chi connectivity index (χ3n) is 3.25. The van der Waals surface area contributed by atoms with E-state index in [1.54, 1.807) is 17.9 Å². The number of amides is 1. The highest BCUT2D eigenvalue weighted by atomic mass is 35.5. The average molecular weight is 347 g/mol. The monoisotopic (exact) mass is 346 g/mol. The van der Waals surface area contributed by atoms with E-state index in [9.17, 15) is 4.79 Å². The number of hydrogen-bond acceptors (Lipinski definition) is 4. The van der Waals surface area contributed by atoms with Crippen molar-refractivity contribution in [1.82, 2.24) is 19.9 Å². The third-order valence-corrected chi connectivity index (χ3v) is 4.39. The van der Waals surface area contributed by atoms with Gasteiger partial charge in [-0.05, 0) is 19.1 Å². The summed E-state index contributed by atoms with van der Waals surface area (Å²) in [5, 5.41) is 6.19. The number of nitrogens with zero attached hydrogens (tertiary/aromatic N) is 3. The van der Waals surface area contributed by atoms with Gasteiger partial charge in [-0.3, -0.25) is 4.79 Å². The van der Waals surface area contributed by atoms with Crippen LogP contribution in [0.1, 0.15) is 17.4 Å². The highest BCUT2D eigenvalue weighted by Gasteiger charge is 2.14. The Hall–Kier alpha value is -2.18. The molecule has 3 rings (SSSR count). The van der Waals surface area contributed by atoms with E-state index in [2.05, 4.69) is 15.3 Å². The van der Waals surface area contributed by atoms with Crippen molar-refractivity contribution < 1.29 is 4.79 Å². The Morgan fingerprint density at radius 3 is 2.87 bits per heavy atom. The predicted octanol–water partition coefficient (Wildman–Crippen LogP) is 3.48. The molecule has 0 saturated carbocycles. The Bertz CT molecular complexity index is 783. The Morgan fingerprint density at radius 1 is 1.39 bits per heavy atom. The first-order chi connectivity index (χ1) is 11.1. The van der Waals surface area contributed by atoms with E-state index >= 15 is 0 Å². The van der Waals surface area contributed by atoms with Gasteiger partial charge in [-0.1, -0.05) is 23.7 Å². The molecule has 0 aliphatic carbocycles. The zero-order chi connectivity index (χ0) is 16.2. The Balaban J connectivity index is 1.65. The van der Waals surface area contributed by atoms with Crippen LogP contribution in [0.25, 0.3) is 10.6 Å². The summed E-state index contributed by atoms with van der Waals surface area (Å²) >= 11 is 7.32. The van der Waals surface area contributed by atoms with E-state index < -0.39 is 0 Å². The lowest BCUT2D eigenvalue weighted by atomic mass is 10.2. The van der Waals surface area contributed by atoms with Crippen molar-refractivity contribution in [3.8, 4) is 10.6 Å². The second-order valence-electron chi connectivity index (χ2n) is 5.18. The second kappa shape index (κ2) is 6.93. The van der Waals surface area contributed by atoms with Gasteiger partial charge in [0.1, 0.15) is 10.7 Å². The molecule has 5 nitrogen and oxygen atoms in total. The lowest BCUT2D eigenvalue weighted by Crippen LogP contribution is -2.35. The molecule has 2 aromatic heterocycles. The quantitative estimate of drug-likeness (QED) is 0.769. The maximum absolute atomic E-state index is 12.3. The van der Waals surface area contributed by atoms with Gasteiger partial charge >= 0.3 is 0 Å². The van der Waals surface area contributed by atoms with Crippen LogP contribution in [0, 0.1) is 0 Å². The molecule has 1 atom stereocenters. The van der Waals surface area contributed by atoms with Crippen LogP contribution in [-0.4, -0.2) is 26.5 Å². The smallest absolute Gasteiger partial charge is 0.271 e. The standard InChI is InChI=1S/C16H15ClN4OS/c1-11(8-21-7-6-18-10-21)19-15(22)14-9-23-16(20-14)12-2-4-13(17)5-3-12/h2-7,9-11H,8H2,1H3,(H,19,22)/t11-/m0/s1. The first-order valence-corrected chi connectivity index (χ1v) is 8.35. The maximum atomic E-state index is 12.3. The van der Waals surface area contributed by atoms with Crippen molar-refractivity contribution in [2.75, 3.05) is 0 Å². The average Bonchev–Trinajstić information content (AvgIpc) is 3.19.